The fourth-order valence-electron chi connectivity index (χ4n) is 2.67. The van der Waals surface area contributed by atoms with Gasteiger partial charge < -0.3 is 4.48 Å². The van der Waals surface area contributed by atoms with E-state index in [4.69, 9.17) is 11.6 Å². The fourth-order valence-corrected chi connectivity index (χ4v) is 3.22. The first kappa shape index (κ1) is 15.7. The summed E-state index contributed by atoms with van der Waals surface area (Å²) >= 11 is 6.54. The minimum Gasteiger partial charge on any atom is -0.320 e. The second kappa shape index (κ2) is 5.62. The molecule has 21 heavy (non-hydrogen) atoms. The highest BCUT2D eigenvalue weighted by Crippen LogP contribution is 2.37. The molecule has 0 N–H and O–H groups in total. The fraction of sp³-hybridized carbons (Fsp3) is 0.375. The number of rotatable bonds is 2. The van der Waals surface area contributed by atoms with Crippen LogP contribution in [0.1, 0.15) is 19.4 Å². The van der Waals surface area contributed by atoms with Crippen molar-refractivity contribution in [2.24, 2.45) is 0 Å². The van der Waals surface area contributed by atoms with Gasteiger partial charge in [0.05, 0.1) is 24.1 Å². The zero-order valence-corrected chi connectivity index (χ0v) is 13.6. The van der Waals surface area contributed by atoms with E-state index in [0.29, 0.717) is 0 Å². The number of likely N-dealkylation sites (N-methyl/N-ethyl adjacent to an activating group) is 1. The smallest absolute Gasteiger partial charge is 0.269 e. The third-order valence-electron chi connectivity index (χ3n) is 3.70. The highest BCUT2D eigenvalue weighted by Gasteiger charge is 2.30. The summed E-state index contributed by atoms with van der Waals surface area (Å²) < 4.78 is 0.815. The monoisotopic (exact) mass is 307 g/mol. The number of quaternary nitrogens is 1. The zero-order valence-electron chi connectivity index (χ0n) is 12.8. The topological polar surface area (TPSA) is 43.1 Å². The van der Waals surface area contributed by atoms with Gasteiger partial charge in [-0.1, -0.05) is 17.2 Å². The quantitative estimate of drug-likeness (QED) is 0.471. The Balaban J connectivity index is 2.54. The third kappa shape index (κ3) is 3.34. The Kier molecular flexibility index (Phi) is 4.21. The molecule has 112 valence electrons. The summed E-state index contributed by atoms with van der Waals surface area (Å²) in [6.45, 7) is 5.84. The average molecular weight is 308 g/mol. The molecule has 1 aromatic carbocycles. The molecular formula is C16H20ClN2O2+. The Hall–Kier alpha value is -1.65. The number of non-ortho nitro benzene ring substituents is 1. The molecule has 0 bridgehead atoms. The van der Waals surface area contributed by atoms with Gasteiger partial charge in [0.15, 0.2) is 0 Å². The molecule has 0 saturated heterocycles. The lowest BCUT2D eigenvalue weighted by Gasteiger charge is -2.36. The molecule has 5 heteroatoms. The first-order chi connectivity index (χ1) is 9.71. The predicted octanol–water partition coefficient (Wildman–Crippen LogP) is 3.97. The molecule has 0 radical (unpaired) electrons. The van der Waals surface area contributed by atoms with Crippen LogP contribution in [-0.2, 0) is 0 Å². The van der Waals surface area contributed by atoms with Crippen molar-refractivity contribution in [3.63, 3.8) is 0 Å². The number of hydrogen-bond acceptors (Lipinski definition) is 2. The number of nitro groups is 1. The van der Waals surface area contributed by atoms with Gasteiger partial charge >= 0.3 is 0 Å². The second-order valence-corrected chi connectivity index (χ2v) is 6.77. The number of benzene rings is 1. The first-order valence-corrected chi connectivity index (χ1v) is 7.21. The van der Waals surface area contributed by atoms with Gasteiger partial charge in [-0.2, -0.15) is 0 Å². The molecular weight excluding hydrogens is 288 g/mol. The maximum Gasteiger partial charge on any atom is 0.269 e. The van der Waals surface area contributed by atoms with Crippen LogP contribution >= 0.6 is 11.6 Å². The van der Waals surface area contributed by atoms with Crippen molar-refractivity contribution < 1.29 is 9.41 Å². The van der Waals surface area contributed by atoms with Crippen LogP contribution < -0.4 is 0 Å². The number of halogens is 1. The normalized spacial score (nSPS) is 17.9. The Morgan fingerprint density at radius 2 is 1.76 bits per heavy atom. The summed E-state index contributed by atoms with van der Waals surface area (Å²) in [6, 6.07) is 6.63. The van der Waals surface area contributed by atoms with E-state index in [1.54, 1.807) is 12.1 Å². The average Bonchev–Trinajstić information content (AvgIpc) is 2.36. The van der Waals surface area contributed by atoms with Gasteiger partial charge in [-0.25, -0.2) is 0 Å². The molecule has 0 saturated carbocycles. The van der Waals surface area contributed by atoms with Crippen LogP contribution in [0.5, 0.6) is 0 Å². The zero-order chi connectivity index (χ0) is 15.8. The maximum absolute atomic E-state index is 10.8. The summed E-state index contributed by atoms with van der Waals surface area (Å²) in [6.07, 6.45) is 0. The molecule has 1 heterocycles. The summed E-state index contributed by atoms with van der Waals surface area (Å²) in [7, 11) is 4.30. The lowest BCUT2D eigenvalue weighted by molar-refractivity contribution is -0.881. The van der Waals surface area contributed by atoms with Crippen molar-refractivity contribution >= 4 is 22.9 Å². The van der Waals surface area contributed by atoms with E-state index in [0.717, 1.165) is 33.7 Å². The number of hydrogen-bond donors (Lipinski definition) is 0. The molecule has 1 aliphatic heterocycles. The summed E-state index contributed by atoms with van der Waals surface area (Å²) in [5.74, 6) is 0. The van der Waals surface area contributed by atoms with Crippen molar-refractivity contribution in [1.82, 2.24) is 0 Å². The lowest BCUT2D eigenvalue weighted by atomic mass is 9.90. The molecule has 0 unspecified atom stereocenters. The molecule has 1 aromatic rings. The first-order valence-electron chi connectivity index (χ1n) is 6.83. The van der Waals surface area contributed by atoms with Gasteiger partial charge in [0, 0.05) is 23.3 Å². The van der Waals surface area contributed by atoms with E-state index >= 15 is 0 Å². The number of nitrogens with zero attached hydrogens (tertiary/aromatic N) is 2. The summed E-state index contributed by atoms with van der Waals surface area (Å²) in [4.78, 5) is 10.4. The largest absolute Gasteiger partial charge is 0.320 e. The van der Waals surface area contributed by atoms with Gasteiger partial charge in [-0.15, -0.1) is 0 Å². The Morgan fingerprint density at radius 1 is 1.19 bits per heavy atom. The molecule has 0 spiro atoms. The van der Waals surface area contributed by atoms with Crippen molar-refractivity contribution in [2.75, 3.05) is 27.2 Å². The Morgan fingerprint density at radius 3 is 2.24 bits per heavy atom. The van der Waals surface area contributed by atoms with Crippen LogP contribution in [0, 0.1) is 10.1 Å². The van der Waals surface area contributed by atoms with E-state index in [2.05, 4.69) is 27.9 Å². The maximum atomic E-state index is 10.8. The highest BCUT2D eigenvalue weighted by atomic mass is 35.5. The minimum absolute atomic E-state index is 0.0983. The van der Waals surface area contributed by atoms with Gasteiger partial charge in [0.2, 0.25) is 0 Å². The minimum atomic E-state index is -0.386. The van der Waals surface area contributed by atoms with E-state index in [-0.39, 0.29) is 10.6 Å². The number of nitro benzene ring substituents is 1. The van der Waals surface area contributed by atoms with Crippen LogP contribution in [0.3, 0.4) is 0 Å². The van der Waals surface area contributed by atoms with Gasteiger partial charge in [0.25, 0.3) is 5.69 Å². The SMILES string of the molecule is CC(C)=C1C[N+](C)(C)CC(Cl)=C1c1ccc([N+](=O)[O-])cc1. The Bertz CT molecular complexity index is 639. The molecule has 1 aliphatic rings. The molecule has 0 amide bonds. The third-order valence-corrected chi connectivity index (χ3v) is 4.00. The van der Waals surface area contributed by atoms with Crippen LogP contribution in [0.4, 0.5) is 5.69 Å². The molecule has 0 aliphatic carbocycles. The summed E-state index contributed by atoms with van der Waals surface area (Å²) in [5.41, 5.74) is 4.53. The molecule has 0 fully saturated rings. The van der Waals surface area contributed by atoms with Crippen LogP contribution in [0.15, 0.2) is 40.4 Å². The predicted molar refractivity (Wildman–Crippen MR) is 86.1 cm³/mol. The van der Waals surface area contributed by atoms with Gasteiger partial charge in [-0.05, 0) is 31.5 Å². The van der Waals surface area contributed by atoms with Gasteiger partial charge in [0.1, 0.15) is 13.1 Å². The van der Waals surface area contributed by atoms with Crippen LogP contribution in [0.2, 0.25) is 0 Å². The second-order valence-electron chi connectivity index (χ2n) is 6.31. The highest BCUT2D eigenvalue weighted by molar-refractivity contribution is 6.33. The molecule has 0 atom stereocenters. The van der Waals surface area contributed by atoms with E-state index in [1.165, 1.54) is 23.3 Å². The van der Waals surface area contributed by atoms with Crippen LogP contribution in [-0.4, -0.2) is 36.6 Å². The van der Waals surface area contributed by atoms with Crippen molar-refractivity contribution in [3.8, 4) is 0 Å². The van der Waals surface area contributed by atoms with E-state index < -0.39 is 0 Å². The van der Waals surface area contributed by atoms with E-state index in [1.807, 2.05) is 0 Å². The van der Waals surface area contributed by atoms with Crippen LogP contribution in [0.25, 0.3) is 5.57 Å². The number of allylic oxidation sites excluding steroid dienone is 1. The lowest BCUT2D eigenvalue weighted by Crippen LogP contribution is -2.45. The molecule has 4 nitrogen and oxygen atoms in total. The molecule has 0 aromatic heterocycles. The van der Waals surface area contributed by atoms with Crippen molar-refractivity contribution in [1.29, 1.82) is 0 Å². The van der Waals surface area contributed by atoms with Crippen molar-refractivity contribution in [3.05, 3.63) is 56.1 Å². The van der Waals surface area contributed by atoms with E-state index in [9.17, 15) is 10.1 Å². The summed E-state index contributed by atoms with van der Waals surface area (Å²) in [5, 5.41) is 11.6. The Labute approximate surface area is 130 Å². The van der Waals surface area contributed by atoms with Gasteiger partial charge in [-0.3, -0.25) is 10.1 Å². The molecule has 2 rings (SSSR count). The standard InChI is InChI=1S/C16H20ClN2O2/c1-11(2)14-9-19(3,4)10-15(17)16(14)12-5-7-13(8-6-12)18(20)21/h5-8H,9-10H2,1-4H3/q+1. The van der Waals surface area contributed by atoms with Crippen molar-refractivity contribution in [2.45, 2.75) is 13.8 Å².